The topological polar surface area (TPSA) is 46.3 Å². The molecule has 0 aromatic heterocycles. The van der Waals surface area contributed by atoms with Crippen LogP contribution in [0.25, 0.3) is 0 Å². The first kappa shape index (κ1) is 16.0. The summed E-state index contributed by atoms with van der Waals surface area (Å²) in [5, 5.41) is 0. The molecule has 1 aliphatic rings. The van der Waals surface area contributed by atoms with Gasteiger partial charge in [-0.25, -0.2) is 0 Å². The summed E-state index contributed by atoms with van der Waals surface area (Å²) in [6, 6.07) is 6.34. The molecule has 19 heavy (non-hydrogen) atoms. The van der Waals surface area contributed by atoms with Crippen molar-refractivity contribution in [3.63, 3.8) is 0 Å². The summed E-state index contributed by atoms with van der Waals surface area (Å²) in [7, 11) is 0. The number of benzene rings is 1. The number of carbonyl (C=O) groups is 1. The number of nitrogens with zero attached hydrogens (tertiary/aromatic N) is 1. The fourth-order valence-corrected chi connectivity index (χ4v) is 2.72. The lowest BCUT2D eigenvalue weighted by atomic mass is 10.0. The molecule has 1 saturated heterocycles. The van der Waals surface area contributed by atoms with Crippen molar-refractivity contribution in [3.8, 4) is 0 Å². The zero-order valence-corrected chi connectivity index (χ0v) is 12.7. The van der Waals surface area contributed by atoms with Crippen LogP contribution in [0.2, 0.25) is 0 Å². The van der Waals surface area contributed by atoms with Crippen LogP contribution in [0, 0.1) is 19.8 Å². The van der Waals surface area contributed by atoms with Crippen molar-refractivity contribution >= 4 is 18.3 Å². The minimum absolute atomic E-state index is 0. The molecule has 1 aromatic carbocycles. The standard InChI is InChI=1S/C15H22N2O.ClH/c1-10-4-5-11(2)14(6-10)15(18)17-9-13(8-16)7-12(17)3;/h4-6,12-13H,7-9,16H2,1-3H3;1H. The largest absolute Gasteiger partial charge is 0.336 e. The maximum absolute atomic E-state index is 12.6. The molecule has 2 atom stereocenters. The van der Waals surface area contributed by atoms with Crippen molar-refractivity contribution in [3.05, 3.63) is 34.9 Å². The molecular formula is C15H23ClN2O. The molecular weight excluding hydrogens is 260 g/mol. The van der Waals surface area contributed by atoms with Crippen LogP contribution in [0.1, 0.15) is 34.8 Å². The van der Waals surface area contributed by atoms with Gasteiger partial charge < -0.3 is 10.6 Å². The van der Waals surface area contributed by atoms with E-state index in [1.54, 1.807) is 0 Å². The van der Waals surface area contributed by atoms with Crippen LogP contribution in [-0.4, -0.2) is 29.9 Å². The third kappa shape index (κ3) is 3.28. The summed E-state index contributed by atoms with van der Waals surface area (Å²) in [4.78, 5) is 14.5. The van der Waals surface area contributed by atoms with Gasteiger partial charge in [0.1, 0.15) is 0 Å². The number of likely N-dealkylation sites (tertiary alicyclic amines) is 1. The van der Waals surface area contributed by atoms with Gasteiger partial charge in [-0.05, 0) is 51.3 Å². The van der Waals surface area contributed by atoms with E-state index in [1.165, 1.54) is 0 Å². The van der Waals surface area contributed by atoms with E-state index in [1.807, 2.05) is 36.9 Å². The molecule has 2 rings (SSSR count). The summed E-state index contributed by atoms with van der Waals surface area (Å²) in [6.45, 7) is 7.59. The zero-order chi connectivity index (χ0) is 13.3. The highest BCUT2D eigenvalue weighted by Gasteiger charge is 2.32. The molecule has 1 fully saturated rings. The second-order valence-corrected chi connectivity index (χ2v) is 5.46. The number of amides is 1. The highest BCUT2D eigenvalue weighted by molar-refractivity contribution is 5.96. The Hall–Kier alpha value is -1.06. The van der Waals surface area contributed by atoms with Crippen molar-refractivity contribution in [1.82, 2.24) is 4.90 Å². The monoisotopic (exact) mass is 282 g/mol. The summed E-state index contributed by atoms with van der Waals surface area (Å²) < 4.78 is 0. The van der Waals surface area contributed by atoms with E-state index in [4.69, 9.17) is 5.73 Å². The van der Waals surface area contributed by atoms with Gasteiger partial charge >= 0.3 is 0 Å². The molecule has 1 aromatic rings. The Bertz CT molecular complexity index is 461. The fraction of sp³-hybridized carbons (Fsp3) is 0.533. The second-order valence-electron chi connectivity index (χ2n) is 5.46. The van der Waals surface area contributed by atoms with Gasteiger partial charge in [0.25, 0.3) is 5.91 Å². The number of carbonyl (C=O) groups excluding carboxylic acids is 1. The predicted molar refractivity (Wildman–Crippen MR) is 80.8 cm³/mol. The number of halogens is 1. The molecule has 1 heterocycles. The Morgan fingerprint density at radius 2 is 2.11 bits per heavy atom. The molecule has 1 amide bonds. The van der Waals surface area contributed by atoms with Crippen molar-refractivity contribution in [2.75, 3.05) is 13.1 Å². The van der Waals surface area contributed by atoms with E-state index in [9.17, 15) is 4.79 Å². The summed E-state index contributed by atoms with van der Waals surface area (Å²) in [6.07, 6.45) is 1.02. The third-order valence-corrected chi connectivity index (χ3v) is 3.88. The van der Waals surface area contributed by atoms with Crippen molar-refractivity contribution < 1.29 is 4.79 Å². The molecule has 2 unspecified atom stereocenters. The molecule has 0 saturated carbocycles. The van der Waals surface area contributed by atoms with Crippen LogP contribution in [0.5, 0.6) is 0 Å². The Morgan fingerprint density at radius 1 is 1.42 bits per heavy atom. The summed E-state index contributed by atoms with van der Waals surface area (Å²) >= 11 is 0. The van der Waals surface area contributed by atoms with E-state index in [2.05, 4.69) is 6.92 Å². The van der Waals surface area contributed by atoms with Gasteiger partial charge in [-0.2, -0.15) is 0 Å². The number of hydrogen-bond acceptors (Lipinski definition) is 2. The molecule has 1 aliphatic heterocycles. The Morgan fingerprint density at radius 3 is 2.68 bits per heavy atom. The van der Waals surface area contributed by atoms with Crippen LogP contribution in [0.4, 0.5) is 0 Å². The van der Waals surface area contributed by atoms with Crippen LogP contribution in [0.3, 0.4) is 0 Å². The third-order valence-electron chi connectivity index (χ3n) is 3.88. The van der Waals surface area contributed by atoms with Gasteiger partial charge in [-0.3, -0.25) is 4.79 Å². The molecule has 3 nitrogen and oxygen atoms in total. The fourth-order valence-electron chi connectivity index (χ4n) is 2.72. The minimum Gasteiger partial charge on any atom is -0.336 e. The van der Waals surface area contributed by atoms with Crippen molar-refractivity contribution in [1.29, 1.82) is 0 Å². The number of aryl methyl sites for hydroxylation is 2. The quantitative estimate of drug-likeness (QED) is 0.906. The zero-order valence-electron chi connectivity index (χ0n) is 11.8. The number of nitrogens with two attached hydrogens (primary N) is 1. The van der Waals surface area contributed by atoms with Gasteiger partial charge in [0.05, 0.1) is 0 Å². The number of hydrogen-bond donors (Lipinski definition) is 1. The maximum atomic E-state index is 12.6. The molecule has 106 valence electrons. The highest BCUT2D eigenvalue weighted by atomic mass is 35.5. The van der Waals surface area contributed by atoms with E-state index < -0.39 is 0 Å². The number of rotatable bonds is 2. The summed E-state index contributed by atoms with van der Waals surface area (Å²) in [5.41, 5.74) is 8.73. The maximum Gasteiger partial charge on any atom is 0.254 e. The molecule has 0 bridgehead atoms. The first-order valence-electron chi connectivity index (χ1n) is 6.61. The van der Waals surface area contributed by atoms with Crippen LogP contribution in [-0.2, 0) is 0 Å². The van der Waals surface area contributed by atoms with Gasteiger partial charge in [-0.1, -0.05) is 17.7 Å². The second kappa shape index (κ2) is 6.40. The lowest BCUT2D eigenvalue weighted by Gasteiger charge is -2.22. The first-order chi connectivity index (χ1) is 8.52. The van der Waals surface area contributed by atoms with Crippen LogP contribution in [0.15, 0.2) is 18.2 Å². The predicted octanol–water partition coefficient (Wildman–Crippen LogP) is 2.53. The molecule has 4 heteroatoms. The smallest absolute Gasteiger partial charge is 0.254 e. The van der Waals surface area contributed by atoms with Crippen molar-refractivity contribution in [2.45, 2.75) is 33.2 Å². The highest BCUT2D eigenvalue weighted by Crippen LogP contribution is 2.25. The van der Waals surface area contributed by atoms with E-state index in [0.717, 1.165) is 29.7 Å². The average Bonchev–Trinajstić information content (AvgIpc) is 2.73. The summed E-state index contributed by atoms with van der Waals surface area (Å²) in [5.74, 6) is 0.605. The van der Waals surface area contributed by atoms with Crippen LogP contribution < -0.4 is 5.73 Å². The van der Waals surface area contributed by atoms with Gasteiger partial charge in [0.15, 0.2) is 0 Å². The SMILES string of the molecule is Cc1ccc(C)c(C(=O)N2CC(CN)CC2C)c1.Cl. The van der Waals surface area contributed by atoms with Gasteiger partial charge in [-0.15, -0.1) is 12.4 Å². The normalized spacial score (nSPS) is 22.2. The molecule has 0 radical (unpaired) electrons. The lowest BCUT2D eigenvalue weighted by molar-refractivity contribution is 0.0742. The minimum atomic E-state index is 0. The van der Waals surface area contributed by atoms with E-state index in [0.29, 0.717) is 18.5 Å². The lowest BCUT2D eigenvalue weighted by Crippen LogP contribution is -2.34. The van der Waals surface area contributed by atoms with E-state index >= 15 is 0 Å². The Balaban J connectivity index is 0.00000180. The molecule has 0 spiro atoms. The van der Waals surface area contributed by atoms with Gasteiger partial charge in [0.2, 0.25) is 0 Å². The molecule has 2 N–H and O–H groups in total. The van der Waals surface area contributed by atoms with Gasteiger partial charge in [0, 0.05) is 18.2 Å². The molecule has 0 aliphatic carbocycles. The van der Waals surface area contributed by atoms with E-state index in [-0.39, 0.29) is 18.3 Å². The average molecular weight is 283 g/mol. The first-order valence-corrected chi connectivity index (χ1v) is 6.61. The Labute approximate surface area is 121 Å². The Kier molecular flexibility index (Phi) is 5.39. The van der Waals surface area contributed by atoms with Crippen LogP contribution >= 0.6 is 12.4 Å². The van der Waals surface area contributed by atoms with Crippen molar-refractivity contribution in [2.24, 2.45) is 11.7 Å².